The van der Waals surface area contributed by atoms with E-state index in [9.17, 15) is 4.79 Å². The number of carbonyl (C=O) groups is 1. The molecule has 0 aliphatic rings. The summed E-state index contributed by atoms with van der Waals surface area (Å²) in [5.74, 6) is -0.0135. The average molecular weight is 209 g/mol. The number of rotatable bonds is 6. The number of hydrogen-bond donors (Lipinski definition) is 2. The maximum atomic E-state index is 10.2. The van der Waals surface area contributed by atoms with E-state index in [0.29, 0.717) is 13.2 Å². The summed E-state index contributed by atoms with van der Waals surface area (Å²) in [6.45, 7) is 3.12. The van der Waals surface area contributed by atoms with Gasteiger partial charge in [-0.3, -0.25) is 4.79 Å². The molecule has 0 aliphatic carbocycles. The van der Waals surface area contributed by atoms with E-state index in [0.717, 1.165) is 11.3 Å². The van der Waals surface area contributed by atoms with Crippen molar-refractivity contribution < 1.29 is 14.6 Å². The smallest absolute Gasteiger partial charge is 0.317 e. The van der Waals surface area contributed by atoms with E-state index in [1.165, 1.54) is 0 Å². The molecule has 0 spiro atoms. The first-order chi connectivity index (χ1) is 7.22. The Morgan fingerprint density at radius 1 is 1.40 bits per heavy atom. The summed E-state index contributed by atoms with van der Waals surface area (Å²) in [7, 11) is 0. The quantitative estimate of drug-likeness (QED) is 0.740. The molecule has 0 heterocycles. The Balaban J connectivity index is 2.39. The fourth-order valence-electron chi connectivity index (χ4n) is 1.18. The van der Waals surface area contributed by atoms with Gasteiger partial charge in [-0.2, -0.15) is 0 Å². The van der Waals surface area contributed by atoms with Gasteiger partial charge in [-0.05, 0) is 24.6 Å². The molecule has 0 saturated carbocycles. The second kappa shape index (κ2) is 6.03. The molecule has 0 bridgehead atoms. The van der Waals surface area contributed by atoms with E-state index in [2.05, 4.69) is 5.32 Å². The fourth-order valence-corrected chi connectivity index (χ4v) is 1.18. The highest BCUT2D eigenvalue weighted by Crippen LogP contribution is 2.11. The summed E-state index contributed by atoms with van der Waals surface area (Å²) < 4.78 is 5.29. The number of aliphatic carboxylic acids is 1. The number of nitrogens with one attached hydrogen (secondary N) is 1. The van der Waals surface area contributed by atoms with Crippen molar-refractivity contribution in [2.75, 3.05) is 13.2 Å². The minimum absolute atomic E-state index is 0.0206. The number of ether oxygens (including phenoxy) is 1. The van der Waals surface area contributed by atoms with Crippen LogP contribution in [-0.4, -0.2) is 24.2 Å². The van der Waals surface area contributed by atoms with Crippen molar-refractivity contribution in [1.29, 1.82) is 0 Å². The molecule has 1 aromatic carbocycles. The summed E-state index contributed by atoms with van der Waals surface area (Å²) in [5.41, 5.74) is 1.04. The zero-order valence-corrected chi connectivity index (χ0v) is 8.69. The van der Waals surface area contributed by atoms with E-state index >= 15 is 0 Å². The van der Waals surface area contributed by atoms with E-state index in [1.54, 1.807) is 0 Å². The zero-order chi connectivity index (χ0) is 11.1. The molecule has 0 fully saturated rings. The summed E-state index contributed by atoms with van der Waals surface area (Å²) in [6.07, 6.45) is 0. The van der Waals surface area contributed by atoms with Crippen molar-refractivity contribution in [3.05, 3.63) is 29.8 Å². The predicted octanol–water partition coefficient (Wildman–Crippen LogP) is 1.26. The van der Waals surface area contributed by atoms with E-state index in [4.69, 9.17) is 9.84 Å². The van der Waals surface area contributed by atoms with Crippen LogP contribution in [0.3, 0.4) is 0 Å². The second-order valence-electron chi connectivity index (χ2n) is 3.07. The van der Waals surface area contributed by atoms with Crippen molar-refractivity contribution in [2.45, 2.75) is 13.5 Å². The molecule has 4 nitrogen and oxygen atoms in total. The Morgan fingerprint density at radius 3 is 2.60 bits per heavy atom. The number of carboxylic acid groups (broad SMARTS) is 1. The lowest BCUT2D eigenvalue weighted by Crippen LogP contribution is -2.21. The van der Waals surface area contributed by atoms with Gasteiger partial charge in [0.25, 0.3) is 0 Å². The van der Waals surface area contributed by atoms with Crippen molar-refractivity contribution in [3.8, 4) is 5.75 Å². The van der Waals surface area contributed by atoms with E-state index in [-0.39, 0.29) is 6.54 Å². The lowest BCUT2D eigenvalue weighted by Gasteiger charge is -2.05. The van der Waals surface area contributed by atoms with Crippen molar-refractivity contribution >= 4 is 5.97 Å². The first-order valence-electron chi connectivity index (χ1n) is 4.86. The summed E-state index contributed by atoms with van der Waals surface area (Å²) >= 11 is 0. The average Bonchev–Trinajstić information content (AvgIpc) is 2.20. The lowest BCUT2D eigenvalue weighted by atomic mass is 10.2. The third-order valence-electron chi connectivity index (χ3n) is 1.84. The van der Waals surface area contributed by atoms with Crippen molar-refractivity contribution in [3.63, 3.8) is 0 Å². The zero-order valence-electron chi connectivity index (χ0n) is 8.69. The van der Waals surface area contributed by atoms with Crippen LogP contribution in [0.5, 0.6) is 5.75 Å². The van der Waals surface area contributed by atoms with Crippen LogP contribution >= 0.6 is 0 Å². The summed E-state index contributed by atoms with van der Waals surface area (Å²) in [4.78, 5) is 10.2. The van der Waals surface area contributed by atoms with Crippen LogP contribution in [-0.2, 0) is 11.3 Å². The summed E-state index contributed by atoms with van der Waals surface area (Å²) in [6, 6.07) is 7.59. The van der Waals surface area contributed by atoms with Crippen LogP contribution in [0.25, 0.3) is 0 Å². The topological polar surface area (TPSA) is 58.6 Å². The monoisotopic (exact) mass is 209 g/mol. The molecular formula is C11H15NO3. The Kier molecular flexibility index (Phi) is 4.63. The largest absolute Gasteiger partial charge is 0.494 e. The SMILES string of the molecule is CCOc1ccc(CNCC(=O)O)cc1. The fraction of sp³-hybridized carbons (Fsp3) is 0.364. The standard InChI is InChI=1S/C11H15NO3/c1-2-15-10-5-3-9(4-6-10)7-12-8-11(13)14/h3-6,12H,2,7-8H2,1H3,(H,13,14). The van der Waals surface area contributed by atoms with Crippen LogP contribution in [0.2, 0.25) is 0 Å². The van der Waals surface area contributed by atoms with Gasteiger partial charge in [-0.15, -0.1) is 0 Å². The van der Waals surface area contributed by atoms with Gasteiger partial charge >= 0.3 is 5.97 Å². The maximum Gasteiger partial charge on any atom is 0.317 e. The van der Waals surface area contributed by atoms with E-state index < -0.39 is 5.97 Å². The molecule has 1 rings (SSSR count). The van der Waals surface area contributed by atoms with Crippen molar-refractivity contribution in [2.24, 2.45) is 0 Å². The lowest BCUT2D eigenvalue weighted by molar-refractivity contribution is -0.135. The molecule has 1 aromatic rings. The number of benzene rings is 1. The molecule has 15 heavy (non-hydrogen) atoms. The Labute approximate surface area is 88.9 Å². The minimum Gasteiger partial charge on any atom is -0.494 e. The van der Waals surface area contributed by atoms with E-state index in [1.807, 2.05) is 31.2 Å². The van der Waals surface area contributed by atoms with Gasteiger partial charge in [0.15, 0.2) is 0 Å². The third kappa shape index (κ3) is 4.46. The van der Waals surface area contributed by atoms with Gasteiger partial charge in [0.2, 0.25) is 0 Å². The van der Waals surface area contributed by atoms with Crippen LogP contribution in [0.15, 0.2) is 24.3 Å². The molecule has 0 unspecified atom stereocenters. The number of hydrogen-bond acceptors (Lipinski definition) is 3. The third-order valence-corrected chi connectivity index (χ3v) is 1.84. The predicted molar refractivity (Wildman–Crippen MR) is 57.0 cm³/mol. The maximum absolute atomic E-state index is 10.2. The molecule has 0 atom stereocenters. The Morgan fingerprint density at radius 2 is 2.07 bits per heavy atom. The van der Waals surface area contributed by atoms with Gasteiger partial charge in [0.1, 0.15) is 5.75 Å². The molecule has 2 N–H and O–H groups in total. The molecule has 0 amide bonds. The highest BCUT2D eigenvalue weighted by atomic mass is 16.5. The summed E-state index contributed by atoms with van der Waals surface area (Å²) in [5, 5.41) is 11.2. The first-order valence-corrected chi connectivity index (χ1v) is 4.86. The highest BCUT2D eigenvalue weighted by molar-refractivity contribution is 5.68. The van der Waals surface area contributed by atoms with Crippen molar-refractivity contribution in [1.82, 2.24) is 5.32 Å². The minimum atomic E-state index is -0.846. The van der Waals surface area contributed by atoms with Crippen LogP contribution in [0.4, 0.5) is 0 Å². The molecule has 0 aromatic heterocycles. The molecular weight excluding hydrogens is 194 g/mol. The molecule has 0 aliphatic heterocycles. The normalized spacial score (nSPS) is 9.93. The molecule has 0 radical (unpaired) electrons. The highest BCUT2D eigenvalue weighted by Gasteiger charge is 1.97. The Bertz CT molecular complexity index is 308. The van der Waals surface area contributed by atoms with Crippen LogP contribution in [0.1, 0.15) is 12.5 Å². The number of carboxylic acids is 1. The van der Waals surface area contributed by atoms with Crippen LogP contribution < -0.4 is 10.1 Å². The van der Waals surface area contributed by atoms with Crippen LogP contribution in [0, 0.1) is 0 Å². The van der Waals surface area contributed by atoms with Gasteiger partial charge in [-0.1, -0.05) is 12.1 Å². The van der Waals surface area contributed by atoms with Gasteiger partial charge in [0.05, 0.1) is 13.2 Å². The van der Waals surface area contributed by atoms with Gasteiger partial charge < -0.3 is 15.2 Å². The molecule has 0 saturated heterocycles. The molecule has 82 valence electrons. The Hall–Kier alpha value is -1.55. The second-order valence-corrected chi connectivity index (χ2v) is 3.07. The van der Waals surface area contributed by atoms with Gasteiger partial charge in [0, 0.05) is 6.54 Å². The first kappa shape index (κ1) is 11.5. The van der Waals surface area contributed by atoms with Gasteiger partial charge in [-0.25, -0.2) is 0 Å². The molecule has 4 heteroatoms.